The molecule has 4 nitrogen and oxygen atoms in total. The van der Waals surface area contributed by atoms with E-state index in [-0.39, 0.29) is 0 Å². The molecule has 17 heavy (non-hydrogen) atoms. The Hall–Kier alpha value is -1.81. The van der Waals surface area contributed by atoms with Crippen molar-refractivity contribution in [1.29, 1.82) is 0 Å². The summed E-state index contributed by atoms with van der Waals surface area (Å²) in [6, 6.07) is 11.1. The van der Waals surface area contributed by atoms with Crippen molar-refractivity contribution in [1.82, 2.24) is 9.97 Å². The zero-order valence-corrected chi connectivity index (χ0v) is 9.80. The zero-order valence-electron chi connectivity index (χ0n) is 9.04. The molecule has 0 atom stereocenters. The third kappa shape index (κ3) is 3.92. The van der Waals surface area contributed by atoms with Crippen LogP contribution < -0.4 is 9.47 Å². The average Bonchev–Trinajstić information content (AvgIpc) is 2.36. The zero-order chi connectivity index (χ0) is 11.9. The van der Waals surface area contributed by atoms with Crippen LogP contribution in [0.1, 0.15) is 0 Å². The molecule has 0 aliphatic rings. The molecule has 2 rings (SSSR count). The summed E-state index contributed by atoms with van der Waals surface area (Å²) in [4.78, 5) is 7.67. The first-order valence-corrected chi connectivity index (χ1v) is 5.50. The smallest absolute Gasteiger partial charge is 0.217 e. The van der Waals surface area contributed by atoms with Gasteiger partial charge in [0.2, 0.25) is 5.88 Å². The lowest BCUT2D eigenvalue weighted by molar-refractivity contribution is 0.211. The maximum atomic E-state index is 5.69. The average molecular weight is 251 g/mol. The van der Waals surface area contributed by atoms with Crippen molar-refractivity contribution >= 4 is 11.6 Å². The van der Waals surface area contributed by atoms with Crippen LogP contribution in [0.3, 0.4) is 0 Å². The molecule has 2 aromatic rings. The maximum Gasteiger partial charge on any atom is 0.217 e. The number of hydrogen-bond acceptors (Lipinski definition) is 4. The van der Waals surface area contributed by atoms with E-state index in [1.807, 2.05) is 30.3 Å². The number of aromatic nitrogens is 2. The Balaban J connectivity index is 1.73. The standard InChI is InChI=1S/C12H11ClN2O2/c13-11-8-12(15-9-14-11)17-7-6-16-10-4-2-1-3-5-10/h1-5,8-9H,6-7H2. The minimum atomic E-state index is 0.360. The minimum Gasteiger partial charge on any atom is -0.490 e. The fourth-order valence-corrected chi connectivity index (χ4v) is 1.36. The lowest BCUT2D eigenvalue weighted by atomic mass is 10.3. The maximum absolute atomic E-state index is 5.69. The first-order valence-electron chi connectivity index (χ1n) is 5.13. The molecule has 0 aliphatic heterocycles. The van der Waals surface area contributed by atoms with Gasteiger partial charge in [-0.15, -0.1) is 0 Å². The number of hydrogen-bond donors (Lipinski definition) is 0. The normalized spacial score (nSPS) is 9.94. The molecule has 0 saturated carbocycles. The van der Waals surface area contributed by atoms with Gasteiger partial charge in [-0.3, -0.25) is 0 Å². The topological polar surface area (TPSA) is 44.2 Å². The van der Waals surface area contributed by atoms with Crippen LogP contribution in [0.2, 0.25) is 5.15 Å². The summed E-state index contributed by atoms with van der Waals surface area (Å²) in [6.07, 6.45) is 1.36. The van der Waals surface area contributed by atoms with Gasteiger partial charge >= 0.3 is 0 Å². The molecule has 0 bridgehead atoms. The first-order chi connectivity index (χ1) is 8.34. The van der Waals surface area contributed by atoms with Crippen molar-refractivity contribution in [2.24, 2.45) is 0 Å². The molecule has 88 valence electrons. The van der Waals surface area contributed by atoms with E-state index in [1.54, 1.807) is 6.07 Å². The van der Waals surface area contributed by atoms with Crippen LogP contribution >= 0.6 is 11.6 Å². The predicted molar refractivity (Wildman–Crippen MR) is 64.5 cm³/mol. The van der Waals surface area contributed by atoms with Crippen molar-refractivity contribution in [2.45, 2.75) is 0 Å². The molecule has 0 spiro atoms. The number of nitrogens with zero attached hydrogens (tertiary/aromatic N) is 2. The van der Waals surface area contributed by atoms with E-state index in [1.165, 1.54) is 6.33 Å². The van der Waals surface area contributed by atoms with Crippen molar-refractivity contribution in [2.75, 3.05) is 13.2 Å². The van der Waals surface area contributed by atoms with Gasteiger partial charge in [-0.25, -0.2) is 9.97 Å². The van der Waals surface area contributed by atoms with Crippen LogP contribution in [0, 0.1) is 0 Å². The highest BCUT2D eigenvalue weighted by Gasteiger charge is 1.97. The van der Waals surface area contributed by atoms with Gasteiger partial charge in [-0.2, -0.15) is 0 Å². The SMILES string of the molecule is Clc1cc(OCCOc2ccccc2)ncn1. The van der Waals surface area contributed by atoms with E-state index in [0.29, 0.717) is 24.2 Å². The predicted octanol–water partition coefficient (Wildman–Crippen LogP) is 2.59. The Morgan fingerprint density at radius 3 is 2.53 bits per heavy atom. The largest absolute Gasteiger partial charge is 0.490 e. The van der Waals surface area contributed by atoms with E-state index < -0.39 is 0 Å². The molecule has 0 fully saturated rings. The van der Waals surface area contributed by atoms with Gasteiger partial charge in [-0.05, 0) is 12.1 Å². The van der Waals surface area contributed by atoms with Crippen LogP contribution in [0.4, 0.5) is 0 Å². The van der Waals surface area contributed by atoms with Gasteiger partial charge in [0.1, 0.15) is 30.4 Å². The summed E-state index contributed by atoms with van der Waals surface area (Å²) < 4.78 is 10.8. The number of ether oxygens (including phenoxy) is 2. The fourth-order valence-electron chi connectivity index (χ4n) is 1.22. The van der Waals surface area contributed by atoms with E-state index in [4.69, 9.17) is 21.1 Å². The van der Waals surface area contributed by atoms with Crippen molar-refractivity contribution in [3.63, 3.8) is 0 Å². The summed E-state index contributed by atoms with van der Waals surface area (Å²) in [7, 11) is 0. The van der Waals surface area contributed by atoms with Crippen LogP contribution in [0.25, 0.3) is 0 Å². The van der Waals surface area contributed by atoms with E-state index in [9.17, 15) is 0 Å². The number of halogens is 1. The Kier molecular flexibility index (Phi) is 4.16. The van der Waals surface area contributed by atoms with Crippen molar-refractivity contribution < 1.29 is 9.47 Å². The second-order valence-corrected chi connectivity index (χ2v) is 3.58. The van der Waals surface area contributed by atoms with Gasteiger partial charge in [0.05, 0.1) is 0 Å². The fraction of sp³-hybridized carbons (Fsp3) is 0.167. The summed E-state index contributed by atoms with van der Waals surface area (Å²) >= 11 is 5.69. The quantitative estimate of drug-likeness (QED) is 0.604. The van der Waals surface area contributed by atoms with Gasteiger partial charge in [-0.1, -0.05) is 29.8 Å². The van der Waals surface area contributed by atoms with Gasteiger partial charge in [0.15, 0.2) is 0 Å². The Labute approximate surface area is 104 Å². The molecule has 0 unspecified atom stereocenters. The Bertz CT molecular complexity index is 465. The molecular weight excluding hydrogens is 240 g/mol. The monoisotopic (exact) mass is 250 g/mol. The lowest BCUT2D eigenvalue weighted by Gasteiger charge is -2.07. The van der Waals surface area contributed by atoms with E-state index in [0.717, 1.165) is 5.75 Å². The van der Waals surface area contributed by atoms with Crippen LogP contribution in [0.5, 0.6) is 11.6 Å². The third-order valence-electron chi connectivity index (χ3n) is 1.95. The Morgan fingerprint density at radius 2 is 1.76 bits per heavy atom. The highest BCUT2D eigenvalue weighted by Crippen LogP contribution is 2.11. The highest BCUT2D eigenvalue weighted by molar-refractivity contribution is 6.29. The van der Waals surface area contributed by atoms with Crippen LogP contribution in [-0.2, 0) is 0 Å². The molecule has 5 heteroatoms. The van der Waals surface area contributed by atoms with Crippen molar-refractivity contribution in [3.05, 3.63) is 47.9 Å². The third-order valence-corrected chi connectivity index (χ3v) is 2.16. The number of benzene rings is 1. The molecule has 1 aromatic heterocycles. The summed E-state index contributed by atoms with van der Waals surface area (Å²) in [5.74, 6) is 1.26. The molecule has 0 saturated heterocycles. The summed E-state index contributed by atoms with van der Waals surface area (Å²) in [6.45, 7) is 0.855. The van der Waals surface area contributed by atoms with Crippen LogP contribution in [-0.4, -0.2) is 23.2 Å². The molecule has 0 N–H and O–H groups in total. The Morgan fingerprint density at radius 1 is 1.00 bits per heavy atom. The van der Waals surface area contributed by atoms with Gasteiger partial charge in [0.25, 0.3) is 0 Å². The first kappa shape index (κ1) is 11.7. The molecule has 1 heterocycles. The number of para-hydroxylation sites is 1. The molecule has 0 amide bonds. The van der Waals surface area contributed by atoms with Gasteiger partial charge < -0.3 is 9.47 Å². The minimum absolute atomic E-state index is 0.360. The summed E-state index contributed by atoms with van der Waals surface area (Å²) in [5, 5.41) is 0.360. The molecule has 0 aliphatic carbocycles. The second-order valence-electron chi connectivity index (χ2n) is 3.19. The van der Waals surface area contributed by atoms with E-state index in [2.05, 4.69) is 9.97 Å². The highest BCUT2D eigenvalue weighted by atomic mass is 35.5. The van der Waals surface area contributed by atoms with Gasteiger partial charge in [0, 0.05) is 6.07 Å². The number of rotatable bonds is 5. The molecule has 1 aromatic carbocycles. The van der Waals surface area contributed by atoms with E-state index >= 15 is 0 Å². The molecule has 0 radical (unpaired) electrons. The lowest BCUT2D eigenvalue weighted by Crippen LogP contribution is -2.09. The van der Waals surface area contributed by atoms with Crippen LogP contribution in [0.15, 0.2) is 42.7 Å². The second kappa shape index (κ2) is 6.06. The summed E-state index contributed by atoms with van der Waals surface area (Å²) in [5.41, 5.74) is 0. The molecular formula is C12H11ClN2O2. The van der Waals surface area contributed by atoms with Crippen molar-refractivity contribution in [3.8, 4) is 11.6 Å².